The molecule has 0 aromatic carbocycles. The van der Waals surface area contributed by atoms with Crippen LogP contribution in [-0.4, -0.2) is 10.9 Å². The van der Waals surface area contributed by atoms with Crippen molar-refractivity contribution in [3.8, 4) is 0 Å². The van der Waals surface area contributed by atoms with Gasteiger partial charge in [-0.15, -0.1) is 24.0 Å². The topological polar surface area (TPSA) is 42.0 Å². The van der Waals surface area contributed by atoms with E-state index in [1.807, 2.05) is 17.5 Å². The van der Waals surface area contributed by atoms with Crippen molar-refractivity contribution in [1.82, 2.24) is 10.3 Å². The predicted molar refractivity (Wildman–Crippen MR) is 67.0 cm³/mol. The normalized spacial score (nSPS) is 10.1. The van der Waals surface area contributed by atoms with E-state index in [1.165, 1.54) is 0 Å². The molecule has 0 bridgehead atoms. The highest BCUT2D eigenvalue weighted by molar-refractivity contribution is 7.80. The summed E-state index contributed by atoms with van der Waals surface area (Å²) < 4.78 is 0. The SMILES string of the molecule is O=C(NCc1cccs1)c1cccnc1S. The van der Waals surface area contributed by atoms with Gasteiger partial charge in [-0.3, -0.25) is 4.79 Å². The number of hydrogen-bond donors (Lipinski definition) is 2. The summed E-state index contributed by atoms with van der Waals surface area (Å²) >= 11 is 5.75. The molecule has 2 rings (SSSR count). The van der Waals surface area contributed by atoms with Gasteiger partial charge in [-0.25, -0.2) is 4.98 Å². The number of aromatic nitrogens is 1. The molecule has 2 heterocycles. The fourth-order valence-corrected chi connectivity index (χ4v) is 2.14. The molecule has 0 saturated heterocycles. The van der Waals surface area contributed by atoms with E-state index in [2.05, 4.69) is 22.9 Å². The van der Waals surface area contributed by atoms with Crippen LogP contribution in [0.25, 0.3) is 0 Å². The van der Waals surface area contributed by atoms with Gasteiger partial charge < -0.3 is 5.32 Å². The van der Waals surface area contributed by atoms with Crippen LogP contribution in [0.2, 0.25) is 0 Å². The molecule has 0 aliphatic carbocycles. The number of amides is 1. The monoisotopic (exact) mass is 250 g/mol. The molecule has 1 N–H and O–H groups in total. The number of pyridine rings is 1. The van der Waals surface area contributed by atoms with E-state index in [0.717, 1.165) is 4.88 Å². The Morgan fingerprint density at radius 2 is 2.31 bits per heavy atom. The van der Waals surface area contributed by atoms with Crippen molar-refractivity contribution in [3.05, 3.63) is 46.3 Å². The molecule has 0 aliphatic heterocycles. The fourth-order valence-electron chi connectivity index (χ4n) is 1.25. The van der Waals surface area contributed by atoms with Crippen LogP contribution < -0.4 is 5.32 Å². The van der Waals surface area contributed by atoms with Gasteiger partial charge in [0, 0.05) is 11.1 Å². The molecule has 82 valence electrons. The Hall–Kier alpha value is -1.33. The Balaban J connectivity index is 2.01. The Bertz CT molecular complexity index is 482. The van der Waals surface area contributed by atoms with E-state index < -0.39 is 0 Å². The minimum absolute atomic E-state index is 0.147. The van der Waals surface area contributed by atoms with Crippen molar-refractivity contribution in [1.29, 1.82) is 0 Å². The number of nitrogens with zero attached hydrogens (tertiary/aromatic N) is 1. The zero-order valence-corrected chi connectivity index (χ0v) is 10.1. The number of rotatable bonds is 3. The van der Waals surface area contributed by atoms with Gasteiger partial charge in [-0.05, 0) is 23.6 Å². The largest absolute Gasteiger partial charge is 0.347 e. The Kier molecular flexibility index (Phi) is 3.58. The Morgan fingerprint density at radius 1 is 1.44 bits per heavy atom. The molecule has 0 fully saturated rings. The van der Waals surface area contributed by atoms with Crippen LogP contribution in [0.1, 0.15) is 15.2 Å². The second kappa shape index (κ2) is 5.14. The number of hydrogen-bond acceptors (Lipinski definition) is 4. The van der Waals surface area contributed by atoms with Crippen LogP contribution in [0.3, 0.4) is 0 Å². The maximum atomic E-state index is 11.8. The average Bonchev–Trinajstić information content (AvgIpc) is 2.79. The van der Waals surface area contributed by atoms with E-state index in [-0.39, 0.29) is 5.91 Å². The maximum Gasteiger partial charge on any atom is 0.254 e. The minimum Gasteiger partial charge on any atom is -0.347 e. The molecule has 0 saturated carbocycles. The minimum atomic E-state index is -0.147. The predicted octanol–water partition coefficient (Wildman–Crippen LogP) is 2.36. The number of carbonyl (C=O) groups excluding carboxylic acids is 1. The van der Waals surface area contributed by atoms with E-state index in [0.29, 0.717) is 17.1 Å². The lowest BCUT2D eigenvalue weighted by Crippen LogP contribution is -2.22. The molecule has 2 aromatic heterocycles. The first-order valence-electron chi connectivity index (χ1n) is 4.72. The molecule has 1 amide bonds. The molecular weight excluding hydrogens is 240 g/mol. The summed E-state index contributed by atoms with van der Waals surface area (Å²) in [5.74, 6) is -0.147. The van der Waals surface area contributed by atoms with Gasteiger partial charge in [0.2, 0.25) is 0 Å². The quantitative estimate of drug-likeness (QED) is 0.821. The summed E-state index contributed by atoms with van der Waals surface area (Å²) in [5.41, 5.74) is 0.502. The zero-order valence-electron chi connectivity index (χ0n) is 8.38. The van der Waals surface area contributed by atoms with Crippen LogP contribution in [0.15, 0.2) is 40.9 Å². The van der Waals surface area contributed by atoms with E-state index in [9.17, 15) is 4.79 Å². The molecule has 2 aromatic rings. The maximum absolute atomic E-state index is 11.8. The summed E-state index contributed by atoms with van der Waals surface area (Å²) in [6, 6.07) is 7.37. The third-order valence-electron chi connectivity index (χ3n) is 2.03. The van der Waals surface area contributed by atoms with E-state index in [4.69, 9.17) is 0 Å². The molecule has 0 atom stereocenters. The lowest BCUT2D eigenvalue weighted by molar-refractivity contribution is 0.0947. The molecule has 3 nitrogen and oxygen atoms in total. The van der Waals surface area contributed by atoms with E-state index >= 15 is 0 Å². The fraction of sp³-hybridized carbons (Fsp3) is 0.0909. The Morgan fingerprint density at radius 3 is 3.00 bits per heavy atom. The second-order valence-electron chi connectivity index (χ2n) is 3.14. The number of thiophene rings is 1. The molecule has 0 radical (unpaired) electrons. The van der Waals surface area contributed by atoms with Gasteiger partial charge in [0.1, 0.15) is 5.03 Å². The van der Waals surface area contributed by atoms with Crippen LogP contribution in [0.4, 0.5) is 0 Å². The number of carbonyl (C=O) groups is 1. The lowest BCUT2D eigenvalue weighted by atomic mass is 10.2. The smallest absolute Gasteiger partial charge is 0.254 e. The first kappa shape index (κ1) is 11.2. The Labute approximate surface area is 103 Å². The number of thiol groups is 1. The summed E-state index contributed by atoms with van der Waals surface area (Å²) in [4.78, 5) is 16.8. The van der Waals surface area contributed by atoms with Crippen LogP contribution >= 0.6 is 24.0 Å². The van der Waals surface area contributed by atoms with Gasteiger partial charge in [-0.2, -0.15) is 0 Å². The van der Waals surface area contributed by atoms with Gasteiger partial charge in [0.05, 0.1) is 12.1 Å². The summed E-state index contributed by atoms with van der Waals surface area (Å²) in [5, 5.41) is 5.26. The second-order valence-corrected chi connectivity index (χ2v) is 4.59. The molecule has 16 heavy (non-hydrogen) atoms. The molecular formula is C11H10N2OS2. The summed E-state index contributed by atoms with van der Waals surface area (Å²) in [6.45, 7) is 0.540. The third-order valence-corrected chi connectivity index (χ3v) is 3.27. The highest BCUT2D eigenvalue weighted by Crippen LogP contribution is 2.11. The summed E-state index contributed by atoms with van der Waals surface area (Å²) in [7, 11) is 0. The highest BCUT2D eigenvalue weighted by Gasteiger charge is 2.09. The molecule has 0 spiro atoms. The van der Waals surface area contributed by atoms with Crippen LogP contribution in [0, 0.1) is 0 Å². The van der Waals surface area contributed by atoms with Crippen molar-refractivity contribution in [2.24, 2.45) is 0 Å². The first-order chi connectivity index (χ1) is 7.77. The zero-order chi connectivity index (χ0) is 11.4. The van der Waals surface area contributed by atoms with Crippen molar-refractivity contribution >= 4 is 29.9 Å². The van der Waals surface area contributed by atoms with Crippen LogP contribution in [0.5, 0.6) is 0 Å². The first-order valence-corrected chi connectivity index (χ1v) is 6.04. The van der Waals surface area contributed by atoms with Gasteiger partial charge in [-0.1, -0.05) is 6.07 Å². The molecule has 0 unspecified atom stereocenters. The third kappa shape index (κ3) is 2.62. The van der Waals surface area contributed by atoms with Crippen molar-refractivity contribution in [2.75, 3.05) is 0 Å². The average molecular weight is 250 g/mol. The van der Waals surface area contributed by atoms with Gasteiger partial charge in [0.25, 0.3) is 5.91 Å². The van der Waals surface area contributed by atoms with Crippen molar-refractivity contribution in [2.45, 2.75) is 11.6 Å². The molecule has 5 heteroatoms. The van der Waals surface area contributed by atoms with E-state index in [1.54, 1.807) is 29.7 Å². The van der Waals surface area contributed by atoms with Crippen molar-refractivity contribution in [3.63, 3.8) is 0 Å². The lowest BCUT2D eigenvalue weighted by Gasteiger charge is -2.04. The van der Waals surface area contributed by atoms with Crippen LogP contribution in [-0.2, 0) is 6.54 Å². The van der Waals surface area contributed by atoms with Gasteiger partial charge >= 0.3 is 0 Å². The highest BCUT2D eigenvalue weighted by atomic mass is 32.1. The standard InChI is InChI=1S/C11H10N2OS2/c14-10(9-4-1-5-12-11(9)15)13-7-8-3-2-6-16-8/h1-6H,7H2,(H,12,15)(H,13,14). The summed E-state index contributed by atoms with van der Waals surface area (Å²) in [6.07, 6.45) is 1.61. The molecule has 0 aliphatic rings. The van der Waals surface area contributed by atoms with Gasteiger partial charge in [0.15, 0.2) is 0 Å². The number of nitrogens with one attached hydrogen (secondary N) is 1. The van der Waals surface area contributed by atoms with Crippen molar-refractivity contribution < 1.29 is 4.79 Å².